The van der Waals surface area contributed by atoms with E-state index >= 15 is 0 Å². The highest BCUT2D eigenvalue weighted by Gasteiger charge is 2.08. The van der Waals surface area contributed by atoms with Crippen LogP contribution in [0.25, 0.3) is 0 Å². The molecule has 0 aliphatic carbocycles. The number of nitrogens with two attached hydrogens (primary N) is 1. The lowest BCUT2D eigenvalue weighted by molar-refractivity contribution is -0.127. The van der Waals surface area contributed by atoms with E-state index in [1.165, 1.54) is 24.1 Å². The van der Waals surface area contributed by atoms with Gasteiger partial charge in [0.1, 0.15) is 0 Å². The standard InChI is InChI=1S/C8H14N2O2/c1-6(2)10(7(3)11)5-4-8(9)12/h4-6H,1-3H3,(H2,9,12)/b5-4-. The summed E-state index contributed by atoms with van der Waals surface area (Å²) in [6.45, 7) is 5.14. The SMILES string of the molecule is CC(=O)N(/C=C\C(N)=O)C(C)C. The minimum atomic E-state index is -0.554. The van der Waals surface area contributed by atoms with Gasteiger partial charge >= 0.3 is 0 Å². The van der Waals surface area contributed by atoms with E-state index in [1.807, 2.05) is 13.8 Å². The normalized spacial score (nSPS) is 10.7. The van der Waals surface area contributed by atoms with Crippen LogP contribution in [0.4, 0.5) is 0 Å². The molecule has 0 radical (unpaired) electrons. The maximum absolute atomic E-state index is 10.9. The molecule has 0 rings (SSSR count). The third kappa shape index (κ3) is 3.75. The average molecular weight is 170 g/mol. The highest BCUT2D eigenvalue weighted by molar-refractivity contribution is 5.86. The van der Waals surface area contributed by atoms with Gasteiger partial charge in [0.25, 0.3) is 0 Å². The van der Waals surface area contributed by atoms with E-state index in [-0.39, 0.29) is 11.9 Å². The maximum atomic E-state index is 10.9. The van der Waals surface area contributed by atoms with Gasteiger partial charge in [0.15, 0.2) is 0 Å². The smallest absolute Gasteiger partial charge is 0.242 e. The molecule has 12 heavy (non-hydrogen) atoms. The molecule has 0 unspecified atom stereocenters. The van der Waals surface area contributed by atoms with Crippen molar-refractivity contribution in [2.24, 2.45) is 5.73 Å². The number of rotatable bonds is 3. The molecule has 4 heteroatoms. The van der Waals surface area contributed by atoms with E-state index in [1.54, 1.807) is 0 Å². The summed E-state index contributed by atoms with van der Waals surface area (Å²) in [5.74, 6) is -0.663. The zero-order valence-corrected chi connectivity index (χ0v) is 7.57. The summed E-state index contributed by atoms with van der Waals surface area (Å²) in [5, 5.41) is 0. The number of amides is 2. The van der Waals surface area contributed by atoms with Gasteiger partial charge in [-0.1, -0.05) is 0 Å². The highest BCUT2D eigenvalue weighted by Crippen LogP contribution is 1.98. The Morgan fingerprint density at radius 3 is 2.17 bits per heavy atom. The monoisotopic (exact) mass is 170 g/mol. The summed E-state index contributed by atoms with van der Waals surface area (Å²) in [5.41, 5.74) is 4.88. The Morgan fingerprint density at radius 2 is 1.92 bits per heavy atom. The molecule has 0 aliphatic rings. The average Bonchev–Trinajstić information content (AvgIpc) is 1.84. The Morgan fingerprint density at radius 1 is 1.42 bits per heavy atom. The van der Waals surface area contributed by atoms with Crippen LogP contribution in [0.1, 0.15) is 20.8 Å². The van der Waals surface area contributed by atoms with Crippen LogP contribution < -0.4 is 5.73 Å². The lowest BCUT2D eigenvalue weighted by Crippen LogP contribution is -2.30. The highest BCUT2D eigenvalue weighted by atomic mass is 16.2. The fourth-order valence-corrected chi connectivity index (χ4v) is 0.794. The summed E-state index contributed by atoms with van der Waals surface area (Å²) in [6, 6.07) is 0.0399. The Labute approximate surface area is 72.0 Å². The number of nitrogens with zero attached hydrogens (tertiary/aromatic N) is 1. The van der Waals surface area contributed by atoms with Crippen molar-refractivity contribution in [1.82, 2.24) is 4.90 Å². The van der Waals surface area contributed by atoms with Crippen molar-refractivity contribution in [1.29, 1.82) is 0 Å². The van der Waals surface area contributed by atoms with Gasteiger partial charge in [0.2, 0.25) is 11.8 Å². The number of hydrogen-bond donors (Lipinski definition) is 1. The molecule has 0 atom stereocenters. The summed E-state index contributed by atoms with van der Waals surface area (Å²) in [4.78, 5) is 22.7. The molecule has 2 N–H and O–H groups in total. The number of primary amides is 1. The topological polar surface area (TPSA) is 63.4 Å². The van der Waals surface area contributed by atoms with Crippen LogP contribution >= 0.6 is 0 Å². The van der Waals surface area contributed by atoms with Gasteiger partial charge in [0.05, 0.1) is 0 Å². The summed E-state index contributed by atoms with van der Waals surface area (Å²) in [6.07, 6.45) is 2.57. The van der Waals surface area contributed by atoms with Crippen LogP contribution in [0.5, 0.6) is 0 Å². The largest absolute Gasteiger partial charge is 0.366 e. The van der Waals surface area contributed by atoms with Crippen molar-refractivity contribution < 1.29 is 9.59 Å². The fraction of sp³-hybridized carbons (Fsp3) is 0.500. The molecule has 0 heterocycles. The Balaban J connectivity index is 4.33. The summed E-state index contributed by atoms with van der Waals surface area (Å²) < 4.78 is 0. The van der Waals surface area contributed by atoms with E-state index in [2.05, 4.69) is 0 Å². The predicted octanol–water partition coefficient (Wildman–Crippen LogP) is 0.242. The van der Waals surface area contributed by atoms with Crippen molar-refractivity contribution in [2.75, 3.05) is 0 Å². The van der Waals surface area contributed by atoms with Crippen LogP contribution in [0, 0.1) is 0 Å². The fourth-order valence-electron chi connectivity index (χ4n) is 0.794. The molecule has 0 aromatic rings. The molecule has 68 valence electrons. The van der Waals surface area contributed by atoms with Crippen LogP contribution in [-0.2, 0) is 9.59 Å². The zero-order valence-electron chi connectivity index (χ0n) is 7.57. The van der Waals surface area contributed by atoms with Gasteiger partial charge in [-0.3, -0.25) is 9.59 Å². The van der Waals surface area contributed by atoms with E-state index in [9.17, 15) is 9.59 Å². The molecular formula is C8H14N2O2. The van der Waals surface area contributed by atoms with Crippen LogP contribution in [0.3, 0.4) is 0 Å². The first-order valence-corrected chi connectivity index (χ1v) is 3.71. The van der Waals surface area contributed by atoms with Crippen LogP contribution in [0.15, 0.2) is 12.3 Å². The van der Waals surface area contributed by atoms with Gasteiger partial charge in [-0.05, 0) is 13.8 Å². The minimum absolute atomic E-state index is 0.0399. The van der Waals surface area contributed by atoms with Crippen molar-refractivity contribution in [2.45, 2.75) is 26.8 Å². The second kappa shape index (κ2) is 4.54. The molecule has 0 fully saturated rings. The summed E-state index contributed by atoms with van der Waals surface area (Å²) in [7, 11) is 0. The number of carbonyl (C=O) groups is 2. The Hall–Kier alpha value is -1.32. The summed E-state index contributed by atoms with van der Waals surface area (Å²) >= 11 is 0. The van der Waals surface area contributed by atoms with Gasteiger partial charge in [-0.15, -0.1) is 0 Å². The molecule has 0 spiro atoms. The van der Waals surface area contributed by atoms with Gasteiger partial charge in [0, 0.05) is 25.2 Å². The lowest BCUT2D eigenvalue weighted by atomic mass is 10.3. The van der Waals surface area contributed by atoms with Gasteiger partial charge < -0.3 is 10.6 Å². The van der Waals surface area contributed by atoms with Crippen molar-refractivity contribution in [3.8, 4) is 0 Å². The second-order valence-corrected chi connectivity index (χ2v) is 2.74. The molecule has 0 aliphatic heterocycles. The minimum Gasteiger partial charge on any atom is -0.366 e. The molecule has 4 nitrogen and oxygen atoms in total. The first-order chi connectivity index (χ1) is 5.45. The van der Waals surface area contributed by atoms with Crippen molar-refractivity contribution in [3.05, 3.63) is 12.3 Å². The van der Waals surface area contributed by atoms with Gasteiger partial charge in [-0.2, -0.15) is 0 Å². The zero-order chi connectivity index (χ0) is 9.72. The Kier molecular flexibility index (Phi) is 4.04. The molecule has 0 saturated carbocycles. The Bertz CT molecular complexity index is 209. The molecule has 0 bridgehead atoms. The quantitative estimate of drug-likeness (QED) is 0.617. The number of carbonyl (C=O) groups excluding carboxylic acids is 2. The molecule has 0 aromatic carbocycles. The van der Waals surface area contributed by atoms with Crippen molar-refractivity contribution >= 4 is 11.8 Å². The third-order valence-corrected chi connectivity index (χ3v) is 1.32. The maximum Gasteiger partial charge on any atom is 0.242 e. The van der Waals surface area contributed by atoms with Crippen LogP contribution in [0.2, 0.25) is 0 Å². The van der Waals surface area contributed by atoms with E-state index in [0.717, 1.165) is 0 Å². The van der Waals surface area contributed by atoms with E-state index < -0.39 is 5.91 Å². The van der Waals surface area contributed by atoms with E-state index in [4.69, 9.17) is 5.73 Å². The van der Waals surface area contributed by atoms with Gasteiger partial charge in [-0.25, -0.2) is 0 Å². The van der Waals surface area contributed by atoms with Crippen LogP contribution in [-0.4, -0.2) is 22.8 Å². The second-order valence-electron chi connectivity index (χ2n) is 2.74. The molecule has 2 amide bonds. The first kappa shape index (κ1) is 10.7. The number of hydrogen-bond acceptors (Lipinski definition) is 2. The molecule has 0 saturated heterocycles. The molecular weight excluding hydrogens is 156 g/mol. The predicted molar refractivity (Wildman–Crippen MR) is 46.0 cm³/mol. The van der Waals surface area contributed by atoms with Crippen molar-refractivity contribution in [3.63, 3.8) is 0 Å². The first-order valence-electron chi connectivity index (χ1n) is 3.71. The third-order valence-electron chi connectivity index (χ3n) is 1.32. The molecule has 0 aromatic heterocycles. The van der Waals surface area contributed by atoms with E-state index in [0.29, 0.717) is 0 Å². The lowest BCUT2D eigenvalue weighted by Gasteiger charge is -2.20.